The monoisotopic (exact) mass is 371 g/mol. The van der Waals surface area contributed by atoms with Crippen LogP contribution in [-0.4, -0.2) is 58.0 Å². The summed E-state index contributed by atoms with van der Waals surface area (Å²) in [5.41, 5.74) is 0.785. The van der Waals surface area contributed by atoms with E-state index in [1.165, 1.54) is 10.9 Å². The molecular formula is C19H25N5O3. The van der Waals surface area contributed by atoms with E-state index < -0.39 is 0 Å². The van der Waals surface area contributed by atoms with Gasteiger partial charge in [-0.05, 0) is 45.5 Å². The molecule has 2 N–H and O–H groups in total. The molecule has 3 rings (SSSR count). The van der Waals surface area contributed by atoms with Gasteiger partial charge in [-0.1, -0.05) is 0 Å². The maximum atomic E-state index is 12.6. The molecule has 8 heteroatoms. The van der Waals surface area contributed by atoms with Gasteiger partial charge in [-0.15, -0.1) is 0 Å². The number of amides is 2. The zero-order chi connectivity index (χ0) is 19.7. The van der Waals surface area contributed by atoms with Crippen molar-refractivity contribution in [3.8, 4) is 0 Å². The first kappa shape index (κ1) is 19.0. The lowest BCUT2D eigenvalue weighted by molar-refractivity contribution is -0.125. The van der Waals surface area contributed by atoms with Crippen LogP contribution in [0, 0.1) is 0 Å². The van der Waals surface area contributed by atoms with Crippen LogP contribution in [0.25, 0.3) is 10.9 Å². The summed E-state index contributed by atoms with van der Waals surface area (Å²) in [5.74, 6) is -0.252. The first-order chi connectivity index (χ1) is 12.8. The van der Waals surface area contributed by atoms with Crippen molar-refractivity contribution < 1.29 is 9.59 Å². The van der Waals surface area contributed by atoms with Crippen LogP contribution in [0.5, 0.6) is 0 Å². The quantitative estimate of drug-likeness (QED) is 0.804. The average molecular weight is 371 g/mol. The summed E-state index contributed by atoms with van der Waals surface area (Å²) in [5, 5.41) is 6.37. The lowest BCUT2D eigenvalue weighted by Crippen LogP contribution is -2.43. The van der Waals surface area contributed by atoms with E-state index in [0.29, 0.717) is 29.4 Å². The van der Waals surface area contributed by atoms with Gasteiger partial charge in [-0.3, -0.25) is 19.3 Å². The van der Waals surface area contributed by atoms with Gasteiger partial charge in [-0.25, -0.2) is 4.98 Å². The minimum atomic E-state index is -0.251. The highest BCUT2D eigenvalue weighted by molar-refractivity contribution is 5.97. The van der Waals surface area contributed by atoms with Crippen LogP contribution in [-0.2, 0) is 11.8 Å². The fraction of sp³-hybridized carbons (Fsp3) is 0.474. The van der Waals surface area contributed by atoms with E-state index in [0.717, 1.165) is 0 Å². The second-order valence-corrected chi connectivity index (χ2v) is 7.42. The highest BCUT2D eigenvalue weighted by atomic mass is 16.2. The third kappa shape index (κ3) is 4.00. The number of likely N-dealkylation sites (N-methyl/N-ethyl adjacent to an activating group) is 1. The Kier molecular flexibility index (Phi) is 5.27. The zero-order valence-electron chi connectivity index (χ0n) is 16.0. The van der Waals surface area contributed by atoms with Gasteiger partial charge in [0.1, 0.15) is 0 Å². The number of hydrogen-bond donors (Lipinski definition) is 2. The van der Waals surface area contributed by atoms with Crippen LogP contribution >= 0.6 is 0 Å². The van der Waals surface area contributed by atoms with Crippen molar-refractivity contribution in [2.45, 2.75) is 38.4 Å². The first-order valence-electron chi connectivity index (χ1n) is 9.03. The fourth-order valence-corrected chi connectivity index (χ4v) is 3.41. The highest BCUT2D eigenvalue weighted by Crippen LogP contribution is 2.17. The van der Waals surface area contributed by atoms with Gasteiger partial charge in [0, 0.05) is 31.2 Å². The predicted molar refractivity (Wildman–Crippen MR) is 103 cm³/mol. The molecule has 8 nitrogen and oxygen atoms in total. The van der Waals surface area contributed by atoms with Crippen LogP contribution in [0.3, 0.4) is 0 Å². The van der Waals surface area contributed by atoms with Gasteiger partial charge in [-0.2, -0.15) is 0 Å². The van der Waals surface area contributed by atoms with E-state index in [9.17, 15) is 14.4 Å². The molecule has 144 valence electrons. The number of aromatic nitrogens is 2. The van der Waals surface area contributed by atoms with Crippen LogP contribution < -0.4 is 16.2 Å². The van der Waals surface area contributed by atoms with Gasteiger partial charge in [0.15, 0.2) is 0 Å². The molecule has 1 saturated heterocycles. The van der Waals surface area contributed by atoms with Gasteiger partial charge < -0.3 is 15.2 Å². The van der Waals surface area contributed by atoms with Crippen molar-refractivity contribution in [3.05, 3.63) is 40.4 Å². The Morgan fingerprint density at radius 2 is 2.00 bits per heavy atom. The fourth-order valence-electron chi connectivity index (χ4n) is 3.41. The van der Waals surface area contributed by atoms with Crippen molar-refractivity contribution in [1.29, 1.82) is 0 Å². The standard InChI is InChI=1S/C19H25N5O3/c1-11(2)21-18(26)16-8-13(9-23(16)3)22-17(25)12-5-6-14-15(7-12)20-10-24(4)19(14)27/h5-7,10-11,13,16H,8-9H2,1-4H3,(H,21,26)(H,22,25)/t13-,16+/m1/s1. The highest BCUT2D eigenvalue weighted by Gasteiger charge is 2.35. The molecule has 0 aliphatic carbocycles. The summed E-state index contributed by atoms with van der Waals surface area (Å²) in [4.78, 5) is 43.1. The molecule has 1 aliphatic rings. The molecule has 0 saturated carbocycles. The summed E-state index contributed by atoms with van der Waals surface area (Å²) in [6.07, 6.45) is 2.00. The van der Waals surface area contributed by atoms with Crippen LogP contribution in [0.2, 0.25) is 0 Å². The van der Waals surface area contributed by atoms with Crippen LogP contribution in [0.1, 0.15) is 30.6 Å². The van der Waals surface area contributed by atoms with E-state index in [-0.39, 0.29) is 35.5 Å². The first-order valence-corrected chi connectivity index (χ1v) is 9.03. The molecular weight excluding hydrogens is 346 g/mol. The molecule has 0 unspecified atom stereocenters. The maximum Gasteiger partial charge on any atom is 0.260 e. The lowest BCUT2D eigenvalue weighted by Gasteiger charge is -2.19. The number of hydrogen-bond acceptors (Lipinski definition) is 5. The number of nitrogens with one attached hydrogen (secondary N) is 2. The normalized spacial score (nSPS) is 20.2. The summed E-state index contributed by atoms with van der Waals surface area (Å²) in [7, 11) is 3.52. The number of likely N-dealkylation sites (tertiary alicyclic amines) is 1. The molecule has 0 bridgehead atoms. The van der Waals surface area contributed by atoms with E-state index in [2.05, 4.69) is 15.6 Å². The predicted octanol–water partition coefficient (Wildman–Crippen LogP) is 0.261. The Labute approximate surface area is 157 Å². The third-order valence-corrected chi connectivity index (χ3v) is 4.80. The molecule has 1 fully saturated rings. The summed E-state index contributed by atoms with van der Waals surface area (Å²) < 4.78 is 1.40. The minimum absolute atomic E-state index is 0.0185. The SMILES string of the molecule is CC(C)NC(=O)[C@@H]1C[C@@H](NC(=O)c2ccc3c(=O)n(C)cnc3c2)CN1C. The van der Waals surface area contributed by atoms with Gasteiger partial charge in [0.2, 0.25) is 5.91 Å². The topological polar surface area (TPSA) is 96.3 Å². The second kappa shape index (κ2) is 7.48. The van der Waals surface area contributed by atoms with E-state index in [1.54, 1.807) is 25.2 Å². The van der Waals surface area contributed by atoms with E-state index in [4.69, 9.17) is 0 Å². The number of fused-ring (bicyclic) bond motifs is 1. The van der Waals surface area contributed by atoms with Crippen molar-refractivity contribution in [2.75, 3.05) is 13.6 Å². The van der Waals surface area contributed by atoms with Crippen molar-refractivity contribution in [1.82, 2.24) is 25.1 Å². The van der Waals surface area contributed by atoms with Crippen molar-refractivity contribution in [3.63, 3.8) is 0 Å². The Morgan fingerprint density at radius 3 is 2.70 bits per heavy atom. The van der Waals surface area contributed by atoms with Crippen molar-refractivity contribution in [2.24, 2.45) is 7.05 Å². The molecule has 27 heavy (non-hydrogen) atoms. The molecule has 2 heterocycles. The Bertz CT molecular complexity index is 937. The molecule has 1 aromatic heterocycles. The summed E-state index contributed by atoms with van der Waals surface area (Å²) in [6.45, 7) is 4.45. The number of benzene rings is 1. The third-order valence-electron chi connectivity index (χ3n) is 4.80. The molecule has 0 radical (unpaired) electrons. The Hall–Kier alpha value is -2.74. The zero-order valence-corrected chi connectivity index (χ0v) is 16.0. The van der Waals surface area contributed by atoms with Crippen molar-refractivity contribution >= 4 is 22.7 Å². The average Bonchev–Trinajstić information content (AvgIpc) is 2.97. The maximum absolute atomic E-state index is 12.6. The van der Waals surface area contributed by atoms with Crippen LogP contribution in [0.15, 0.2) is 29.3 Å². The smallest absolute Gasteiger partial charge is 0.260 e. The van der Waals surface area contributed by atoms with Gasteiger partial charge in [0.05, 0.1) is 23.3 Å². The van der Waals surface area contributed by atoms with Gasteiger partial charge in [0.25, 0.3) is 11.5 Å². The molecule has 2 amide bonds. The molecule has 2 atom stereocenters. The number of carbonyl (C=O) groups is 2. The number of carbonyl (C=O) groups excluding carboxylic acids is 2. The van der Waals surface area contributed by atoms with E-state index >= 15 is 0 Å². The molecule has 0 spiro atoms. The summed E-state index contributed by atoms with van der Waals surface area (Å²) >= 11 is 0. The lowest BCUT2D eigenvalue weighted by atomic mass is 10.1. The summed E-state index contributed by atoms with van der Waals surface area (Å²) in [6, 6.07) is 4.59. The molecule has 2 aromatic rings. The van der Waals surface area contributed by atoms with Gasteiger partial charge >= 0.3 is 0 Å². The minimum Gasteiger partial charge on any atom is -0.353 e. The number of nitrogens with zero attached hydrogens (tertiary/aromatic N) is 3. The Balaban J connectivity index is 1.71. The number of aryl methyl sites for hydroxylation is 1. The Morgan fingerprint density at radius 1 is 1.26 bits per heavy atom. The molecule has 1 aromatic carbocycles. The van der Waals surface area contributed by atoms with Crippen LogP contribution in [0.4, 0.5) is 0 Å². The molecule has 1 aliphatic heterocycles. The largest absolute Gasteiger partial charge is 0.353 e. The van der Waals surface area contributed by atoms with E-state index in [1.807, 2.05) is 25.8 Å². The number of rotatable bonds is 4. The second-order valence-electron chi connectivity index (χ2n) is 7.42.